The van der Waals surface area contributed by atoms with Crippen LogP contribution in [-0.2, 0) is 5.60 Å². The Labute approximate surface area is 230 Å². The van der Waals surface area contributed by atoms with E-state index in [0.717, 1.165) is 53.5 Å². The Hall–Kier alpha value is -4.33. The first-order valence-corrected chi connectivity index (χ1v) is 14.0. The van der Waals surface area contributed by atoms with E-state index in [9.17, 15) is 5.11 Å². The third-order valence-electron chi connectivity index (χ3n) is 9.10. The summed E-state index contributed by atoms with van der Waals surface area (Å²) < 4.78 is 0. The monoisotopic (exact) mass is 501 g/mol. The fourth-order valence-electron chi connectivity index (χ4n) is 7.24. The molecule has 4 aromatic rings. The molecule has 0 fully saturated rings. The van der Waals surface area contributed by atoms with Crippen LogP contribution in [0.25, 0.3) is 22.3 Å². The van der Waals surface area contributed by atoms with Gasteiger partial charge in [0.25, 0.3) is 0 Å². The normalized spacial score (nSPS) is 18.2. The maximum absolute atomic E-state index is 12.2. The average molecular weight is 502 g/mol. The van der Waals surface area contributed by atoms with Gasteiger partial charge in [0.2, 0.25) is 0 Å². The van der Waals surface area contributed by atoms with Gasteiger partial charge < -0.3 is 5.11 Å². The van der Waals surface area contributed by atoms with Gasteiger partial charge in [-0.25, -0.2) is 0 Å². The van der Waals surface area contributed by atoms with Crippen molar-refractivity contribution >= 4 is 0 Å². The molecule has 186 valence electrons. The molecule has 4 aliphatic carbocycles. The molecule has 8 rings (SSSR count). The van der Waals surface area contributed by atoms with Gasteiger partial charge in [0.1, 0.15) is 5.60 Å². The van der Waals surface area contributed by atoms with E-state index in [2.05, 4.69) is 109 Å². The topological polar surface area (TPSA) is 20.2 Å². The molecule has 0 spiro atoms. The van der Waals surface area contributed by atoms with Crippen molar-refractivity contribution in [3.8, 4) is 22.3 Å². The molecular weight excluding hydrogens is 472 g/mol. The van der Waals surface area contributed by atoms with Gasteiger partial charge in [-0.05, 0) is 114 Å². The van der Waals surface area contributed by atoms with E-state index >= 15 is 0 Å². The number of hydrogen-bond donors (Lipinski definition) is 1. The van der Waals surface area contributed by atoms with Crippen molar-refractivity contribution in [3.63, 3.8) is 0 Å². The van der Waals surface area contributed by atoms with E-state index < -0.39 is 5.60 Å². The lowest BCUT2D eigenvalue weighted by Crippen LogP contribution is -2.28. The first-order valence-electron chi connectivity index (χ1n) is 14.0. The Morgan fingerprint density at radius 3 is 1.49 bits per heavy atom. The second-order valence-corrected chi connectivity index (χ2v) is 11.0. The highest BCUT2D eigenvalue weighted by Crippen LogP contribution is 2.53. The molecule has 0 saturated heterocycles. The number of allylic oxidation sites excluding steroid dienone is 7. The Kier molecular flexibility index (Phi) is 4.99. The van der Waals surface area contributed by atoms with Crippen LogP contribution in [0.1, 0.15) is 47.9 Å². The maximum atomic E-state index is 12.2. The first-order chi connectivity index (χ1) is 19.2. The smallest absolute Gasteiger partial charge is 0.138 e. The van der Waals surface area contributed by atoms with Gasteiger partial charge in [-0.3, -0.25) is 0 Å². The molecule has 0 aliphatic heterocycles. The Morgan fingerprint density at radius 2 is 0.974 bits per heavy atom. The quantitative estimate of drug-likeness (QED) is 0.278. The van der Waals surface area contributed by atoms with Crippen molar-refractivity contribution in [1.82, 2.24) is 0 Å². The van der Waals surface area contributed by atoms with Gasteiger partial charge >= 0.3 is 0 Å². The number of rotatable bonds is 3. The summed E-state index contributed by atoms with van der Waals surface area (Å²) in [6.45, 7) is 0. The third-order valence-corrected chi connectivity index (χ3v) is 9.10. The van der Waals surface area contributed by atoms with E-state index in [1.165, 1.54) is 44.9 Å². The third kappa shape index (κ3) is 3.27. The summed E-state index contributed by atoms with van der Waals surface area (Å²) in [6, 6.07) is 34.3. The van der Waals surface area contributed by atoms with Crippen LogP contribution in [0, 0.1) is 5.92 Å². The molecule has 0 amide bonds. The summed E-state index contributed by atoms with van der Waals surface area (Å²) in [7, 11) is 0. The van der Waals surface area contributed by atoms with Crippen molar-refractivity contribution in [1.29, 1.82) is 0 Å². The highest BCUT2D eigenvalue weighted by molar-refractivity contribution is 5.87. The van der Waals surface area contributed by atoms with E-state index in [1.807, 2.05) is 12.1 Å². The minimum Gasteiger partial charge on any atom is -0.376 e. The summed E-state index contributed by atoms with van der Waals surface area (Å²) >= 11 is 0. The summed E-state index contributed by atoms with van der Waals surface area (Å²) in [5.74, 6) is 1.40. The fraction of sp³-hybridized carbons (Fsp3) is 0.132. The van der Waals surface area contributed by atoms with E-state index in [4.69, 9.17) is 0 Å². The van der Waals surface area contributed by atoms with E-state index in [0.29, 0.717) is 0 Å². The standard InChI is InChI=1S/C38H29O/c39-38(35-15-7-5-11-31(35)32-12-6-8-16-36(32)38)28-23-21-26(22-24-28)25-17-19-27(20-18-25)37-33-13-3-1-9-29(33)30-10-2-4-14-34(30)37/h1-17,19,21,23,39H,18,20,22,24H2/q+1. The molecule has 0 aromatic heterocycles. The minimum absolute atomic E-state index is 0.858. The number of hydrogen-bond acceptors (Lipinski definition) is 1. The number of fused-ring (bicyclic) bond motifs is 6. The SMILES string of the molecule is OC1(C2=CC=C(C3=CC=C([C+]4c5ccccc5-c5ccccc54)CC3)CC2)c2ccccc2-c2ccccc21. The van der Waals surface area contributed by atoms with Crippen molar-refractivity contribution in [3.05, 3.63) is 172 Å². The van der Waals surface area contributed by atoms with Gasteiger partial charge in [0.15, 0.2) is 0 Å². The lowest BCUT2D eigenvalue weighted by atomic mass is 9.77. The molecule has 1 nitrogen and oxygen atoms in total. The predicted molar refractivity (Wildman–Crippen MR) is 159 cm³/mol. The van der Waals surface area contributed by atoms with E-state index in [1.54, 1.807) is 0 Å². The number of benzene rings is 4. The summed E-state index contributed by atoms with van der Waals surface area (Å²) in [5.41, 5.74) is 14.0. The molecule has 0 radical (unpaired) electrons. The van der Waals surface area contributed by atoms with Crippen LogP contribution in [0.4, 0.5) is 0 Å². The molecule has 4 aromatic carbocycles. The van der Waals surface area contributed by atoms with Gasteiger partial charge in [0.05, 0.1) is 28.2 Å². The molecule has 0 bridgehead atoms. The molecule has 0 atom stereocenters. The van der Waals surface area contributed by atoms with Gasteiger partial charge in [-0.15, -0.1) is 0 Å². The highest BCUT2D eigenvalue weighted by atomic mass is 16.3. The fourth-order valence-corrected chi connectivity index (χ4v) is 7.24. The molecule has 0 heterocycles. The lowest BCUT2D eigenvalue weighted by Gasteiger charge is -2.31. The van der Waals surface area contributed by atoms with Crippen LogP contribution in [0.5, 0.6) is 0 Å². The summed E-state index contributed by atoms with van der Waals surface area (Å²) in [6.07, 6.45) is 13.0. The minimum atomic E-state index is -1.05. The van der Waals surface area contributed by atoms with Crippen molar-refractivity contribution in [2.24, 2.45) is 0 Å². The van der Waals surface area contributed by atoms with Crippen LogP contribution in [0.2, 0.25) is 0 Å². The van der Waals surface area contributed by atoms with Crippen molar-refractivity contribution in [2.75, 3.05) is 0 Å². The summed E-state index contributed by atoms with van der Waals surface area (Å²) in [4.78, 5) is 0. The second-order valence-electron chi connectivity index (χ2n) is 11.0. The second kappa shape index (κ2) is 8.59. The van der Waals surface area contributed by atoms with Crippen molar-refractivity contribution < 1.29 is 5.11 Å². The predicted octanol–water partition coefficient (Wildman–Crippen LogP) is 8.85. The van der Waals surface area contributed by atoms with Crippen LogP contribution >= 0.6 is 0 Å². The maximum Gasteiger partial charge on any atom is 0.138 e. The zero-order chi connectivity index (χ0) is 26.0. The van der Waals surface area contributed by atoms with Crippen LogP contribution < -0.4 is 0 Å². The average Bonchev–Trinajstić information content (AvgIpc) is 3.48. The molecule has 39 heavy (non-hydrogen) atoms. The molecule has 1 N–H and O–H groups in total. The Balaban J connectivity index is 1.12. The molecular formula is C38H29O+. The zero-order valence-corrected chi connectivity index (χ0v) is 21.8. The molecule has 0 saturated carbocycles. The molecule has 4 aliphatic rings. The van der Waals surface area contributed by atoms with E-state index in [-0.39, 0.29) is 0 Å². The van der Waals surface area contributed by atoms with Crippen LogP contribution in [0.15, 0.2) is 144 Å². The molecule has 1 heteroatoms. The van der Waals surface area contributed by atoms with Gasteiger partial charge in [0, 0.05) is 16.7 Å². The Bertz CT molecular complexity index is 1680. The van der Waals surface area contributed by atoms with Crippen LogP contribution in [0.3, 0.4) is 0 Å². The van der Waals surface area contributed by atoms with Crippen molar-refractivity contribution in [2.45, 2.75) is 31.3 Å². The summed E-state index contributed by atoms with van der Waals surface area (Å²) in [5, 5.41) is 12.2. The van der Waals surface area contributed by atoms with Crippen LogP contribution in [-0.4, -0.2) is 5.11 Å². The lowest BCUT2D eigenvalue weighted by molar-refractivity contribution is 0.121. The Morgan fingerprint density at radius 1 is 0.487 bits per heavy atom. The number of aliphatic hydroxyl groups is 1. The molecule has 0 unspecified atom stereocenters. The first kappa shape index (κ1) is 22.6. The van der Waals surface area contributed by atoms with Gasteiger partial charge in [-0.1, -0.05) is 60.7 Å². The largest absolute Gasteiger partial charge is 0.376 e. The zero-order valence-electron chi connectivity index (χ0n) is 21.8. The highest BCUT2D eigenvalue weighted by Gasteiger charge is 2.44. The van der Waals surface area contributed by atoms with Gasteiger partial charge in [-0.2, -0.15) is 0 Å².